The summed E-state index contributed by atoms with van der Waals surface area (Å²) in [7, 11) is 0. The molecule has 19 heavy (non-hydrogen) atoms. The molecule has 0 fully saturated rings. The highest BCUT2D eigenvalue weighted by Crippen LogP contribution is 2.40. The van der Waals surface area contributed by atoms with Gasteiger partial charge in [-0.05, 0) is 18.2 Å². The topological polar surface area (TPSA) is 13.1 Å². The minimum atomic E-state index is 0.746. The van der Waals surface area contributed by atoms with Gasteiger partial charge in [0.25, 0.3) is 0 Å². The predicted octanol–water partition coefficient (Wildman–Crippen LogP) is 6.16. The Hall–Kier alpha value is -1.51. The van der Waals surface area contributed by atoms with Gasteiger partial charge in [-0.25, -0.2) is 0 Å². The van der Waals surface area contributed by atoms with Crippen molar-refractivity contribution in [3.05, 3.63) is 58.0 Å². The van der Waals surface area contributed by atoms with Crippen LogP contribution in [0.4, 0.5) is 0 Å². The van der Waals surface area contributed by atoms with Crippen LogP contribution in [-0.4, -0.2) is 0 Å². The van der Waals surface area contributed by atoms with E-state index in [0.29, 0.717) is 0 Å². The van der Waals surface area contributed by atoms with Gasteiger partial charge in [0.15, 0.2) is 0 Å². The van der Waals surface area contributed by atoms with Crippen LogP contribution >= 0.6 is 27.5 Å². The van der Waals surface area contributed by atoms with Crippen molar-refractivity contribution in [1.82, 2.24) is 0 Å². The van der Waals surface area contributed by atoms with E-state index >= 15 is 0 Å². The number of rotatable bonds is 0. The van der Waals surface area contributed by atoms with Crippen LogP contribution in [-0.2, 0) is 0 Å². The molecule has 0 saturated heterocycles. The zero-order chi connectivity index (χ0) is 13.0. The minimum absolute atomic E-state index is 0.746. The smallest absolute Gasteiger partial charge is 0.144 e. The van der Waals surface area contributed by atoms with Gasteiger partial charge in [0.05, 0.1) is 0 Å². The highest BCUT2D eigenvalue weighted by atomic mass is 79.9. The molecule has 1 nitrogen and oxygen atoms in total. The quantitative estimate of drug-likeness (QED) is 0.376. The summed E-state index contributed by atoms with van der Waals surface area (Å²) in [5.74, 6) is 0. The van der Waals surface area contributed by atoms with Crippen molar-refractivity contribution in [2.75, 3.05) is 0 Å². The Bertz CT molecular complexity index is 940. The van der Waals surface area contributed by atoms with Crippen LogP contribution in [0.1, 0.15) is 0 Å². The first-order chi connectivity index (χ1) is 9.25. The molecule has 0 amide bonds. The highest BCUT2D eigenvalue weighted by Gasteiger charge is 2.14. The Morgan fingerprint density at radius 2 is 1.68 bits per heavy atom. The fourth-order valence-electron chi connectivity index (χ4n) is 2.55. The first kappa shape index (κ1) is 11.3. The zero-order valence-corrected chi connectivity index (χ0v) is 12.1. The average Bonchev–Trinajstić information content (AvgIpc) is 2.78. The van der Waals surface area contributed by atoms with E-state index in [0.717, 1.165) is 42.2 Å². The summed E-state index contributed by atoms with van der Waals surface area (Å²) in [6.45, 7) is 0. The standard InChI is InChI=1S/C16H8BrClO/c17-12-6-3-5-10-13(18)8-11-9-4-1-2-7-14(9)19-16(11)15(10)12/h1-8H. The third-order valence-corrected chi connectivity index (χ3v) is 4.38. The maximum absolute atomic E-state index is 6.40. The van der Waals surface area contributed by atoms with Crippen LogP contribution < -0.4 is 0 Å². The molecule has 3 aromatic carbocycles. The Morgan fingerprint density at radius 3 is 2.58 bits per heavy atom. The van der Waals surface area contributed by atoms with Crippen LogP contribution in [0.2, 0.25) is 5.02 Å². The summed E-state index contributed by atoms with van der Waals surface area (Å²) in [6.07, 6.45) is 0. The molecule has 0 bridgehead atoms. The van der Waals surface area contributed by atoms with Crippen molar-refractivity contribution < 1.29 is 4.42 Å². The van der Waals surface area contributed by atoms with Crippen LogP contribution in [0.15, 0.2) is 57.4 Å². The lowest BCUT2D eigenvalue weighted by Gasteiger charge is -2.03. The fraction of sp³-hybridized carbons (Fsp3) is 0. The summed E-state index contributed by atoms with van der Waals surface area (Å²) in [4.78, 5) is 0. The van der Waals surface area contributed by atoms with Crippen LogP contribution in [0.3, 0.4) is 0 Å². The number of benzene rings is 3. The molecule has 4 aromatic rings. The van der Waals surface area contributed by atoms with E-state index in [-0.39, 0.29) is 0 Å². The van der Waals surface area contributed by atoms with Crippen LogP contribution in [0, 0.1) is 0 Å². The molecule has 0 aliphatic carbocycles. The Morgan fingerprint density at radius 1 is 0.895 bits per heavy atom. The second-order valence-electron chi connectivity index (χ2n) is 4.50. The Labute approximate surface area is 122 Å². The fourth-order valence-corrected chi connectivity index (χ4v) is 3.37. The van der Waals surface area contributed by atoms with Gasteiger partial charge < -0.3 is 4.42 Å². The Balaban J connectivity index is 2.38. The van der Waals surface area contributed by atoms with Gasteiger partial charge in [-0.2, -0.15) is 0 Å². The predicted molar refractivity (Wildman–Crippen MR) is 83.9 cm³/mol. The third-order valence-electron chi connectivity index (χ3n) is 3.40. The number of fused-ring (bicyclic) bond motifs is 5. The Kier molecular flexibility index (Phi) is 2.38. The van der Waals surface area contributed by atoms with Crippen LogP contribution in [0.25, 0.3) is 32.7 Å². The SMILES string of the molecule is Clc1cc2c3ccccc3oc2c2c(Br)cccc12. The van der Waals surface area contributed by atoms with E-state index in [1.54, 1.807) is 0 Å². The third kappa shape index (κ3) is 1.54. The molecule has 0 unspecified atom stereocenters. The van der Waals surface area contributed by atoms with Crippen molar-refractivity contribution in [3.63, 3.8) is 0 Å². The summed E-state index contributed by atoms with van der Waals surface area (Å²) in [5, 5.41) is 4.93. The molecule has 0 aliphatic heterocycles. The molecule has 0 radical (unpaired) electrons. The van der Waals surface area contributed by atoms with Gasteiger partial charge in [0.1, 0.15) is 11.2 Å². The minimum Gasteiger partial charge on any atom is -0.455 e. The average molecular weight is 332 g/mol. The highest BCUT2D eigenvalue weighted by molar-refractivity contribution is 9.10. The number of para-hydroxylation sites is 1. The van der Waals surface area contributed by atoms with Crippen molar-refractivity contribution in [2.45, 2.75) is 0 Å². The molecule has 4 rings (SSSR count). The maximum Gasteiger partial charge on any atom is 0.144 e. The summed E-state index contributed by atoms with van der Waals surface area (Å²) < 4.78 is 7.01. The second kappa shape index (κ2) is 3.99. The van der Waals surface area contributed by atoms with Gasteiger partial charge in [0.2, 0.25) is 0 Å². The summed E-state index contributed by atoms with van der Waals surface area (Å²) >= 11 is 9.99. The van der Waals surface area contributed by atoms with Crippen molar-refractivity contribution in [3.8, 4) is 0 Å². The van der Waals surface area contributed by atoms with Crippen LogP contribution in [0.5, 0.6) is 0 Å². The van der Waals surface area contributed by atoms with E-state index in [1.165, 1.54) is 0 Å². The first-order valence-corrected chi connectivity index (χ1v) is 7.11. The number of furan rings is 1. The molecule has 0 atom stereocenters. The molecule has 0 spiro atoms. The number of hydrogen-bond donors (Lipinski definition) is 0. The number of hydrogen-bond acceptors (Lipinski definition) is 1. The van der Waals surface area contributed by atoms with Crippen molar-refractivity contribution in [2.24, 2.45) is 0 Å². The van der Waals surface area contributed by atoms with E-state index in [1.807, 2.05) is 42.5 Å². The molecule has 92 valence electrons. The van der Waals surface area contributed by atoms with Crippen molar-refractivity contribution >= 4 is 60.2 Å². The molecule has 3 heteroatoms. The molecular formula is C16H8BrClO. The molecule has 0 N–H and O–H groups in total. The zero-order valence-electron chi connectivity index (χ0n) is 9.78. The second-order valence-corrected chi connectivity index (χ2v) is 5.76. The molecule has 1 aromatic heterocycles. The van der Waals surface area contributed by atoms with Crippen molar-refractivity contribution in [1.29, 1.82) is 0 Å². The lowest BCUT2D eigenvalue weighted by molar-refractivity contribution is 0.672. The molecular weight excluding hydrogens is 324 g/mol. The van der Waals surface area contributed by atoms with E-state index in [2.05, 4.69) is 22.0 Å². The van der Waals surface area contributed by atoms with Gasteiger partial charge >= 0.3 is 0 Å². The van der Waals surface area contributed by atoms with Gasteiger partial charge in [0, 0.05) is 31.0 Å². The van der Waals surface area contributed by atoms with E-state index in [4.69, 9.17) is 16.0 Å². The normalized spacial score (nSPS) is 11.7. The van der Waals surface area contributed by atoms with E-state index in [9.17, 15) is 0 Å². The van der Waals surface area contributed by atoms with Gasteiger partial charge in [-0.15, -0.1) is 0 Å². The summed E-state index contributed by atoms with van der Waals surface area (Å²) in [6, 6.07) is 16.0. The maximum atomic E-state index is 6.40. The first-order valence-electron chi connectivity index (χ1n) is 5.93. The molecule has 1 heterocycles. The lowest BCUT2D eigenvalue weighted by atomic mass is 10.1. The number of halogens is 2. The summed E-state index contributed by atoms with van der Waals surface area (Å²) in [5.41, 5.74) is 1.77. The van der Waals surface area contributed by atoms with E-state index < -0.39 is 0 Å². The van der Waals surface area contributed by atoms with Gasteiger partial charge in [-0.1, -0.05) is 57.9 Å². The monoisotopic (exact) mass is 330 g/mol. The molecule has 0 aliphatic rings. The lowest BCUT2D eigenvalue weighted by Crippen LogP contribution is -1.78. The van der Waals surface area contributed by atoms with Gasteiger partial charge in [-0.3, -0.25) is 0 Å². The largest absolute Gasteiger partial charge is 0.455 e. The molecule has 0 saturated carbocycles.